The molecule has 0 radical (unpaired) electrons. The molecular weight excluding hydrogens is 160 g/mol. The second-order valence-corrected chi connectivity index (χ2v) is 4.67. The molecule has 0 aliphatic carbocycles. The van der Waals surface area contributed by atoms with Gasteiger partial charge in [0.1, 0.15) is 0 Å². The van der Waals surface area contributed by atoms with Crippen LogP contribution in [0, 0.1) is 5.41 Å². The third-order valence-corrected chi connectivity index (χ3v) is 4.55. The first kappa shape index (κ1) is 9.47. The number of piperidine rings is 1. The van der Waals surface area contributed by atoms with E-state index >= 15 is 0 Å². The predicted molar refractivity (Wildman–Crippen MR) is 55.9 cm³/mol. The summed E-state index contributed by atoms with van der Waals surface area (Å²) in [6, 6.07) is 0. The summed E-state index contributed by atoms with van der Waals surface area (Å²) >= 11 is 0. The average Bonchev–Trinajstić information content (AvgIpc) is 2.20. The van der Waals surface area contributed by atoms with Crippen molar-refractivity contribution in [2.24, 2.45) is 5.41 Å². The second kappa shape index (κ2) is 3.25. The van der Waals surface area contributed by atoms with Gasteiger partial charge in [-0.25, -0.2) is 0 Å². The summed E-state index contributed by atoms with van der Waals surface area (Å²) < 4.78 is 0. The molecule has 2 rings (SSSR count). The fourth-order valence-electron chi connectivity index (χ4n) is 3.40. The van der Waals surface area contributed by atoms with Gasteiger partial charge in [-0.05, 0) is 38.8 Å². The second-order valence-electron chi connectivity index (χ2n) is 4.67. The van der Waals surface area contributed by atoms with Crippen LogP contribution < -0.4 is 10.6 Å². The highest BCUT2D eigenvalue weighted by Crippen LogP contribution is 2.49. The van der Waals surface area contributed by atoms with Crippen LogP contribution in [0.3, 0.4) is 0 Å². The Labute approximate surface area is 81.5 Å². The molecule has 1 spiro atoms. The van der Waals surface area contributed by atoms with E-state index in [0.717, 1.165) is 0 Å². The Bertz CT molecular complexity index is 173. The highest BCUT2D eigenvalue weighted by Gasteiger charge is 2.55. The van der Waals surface area contributed by atoms with Crippen molar-refractivity contribution < 1.29 is 0 Å². The summed E-state index contributed by atoms with van der Waals surface area (Å²) in [4.78, 5) is 0. The third kappa shape index (κ3) is 1.15. The van der Waals surface area contributed by atoms with E-state index in [1.165, 1.54) is 45.3 Å². The van der Waals surface area contributed by atoms with E-state index in [1.54, 1.807) is 0 Å². The van der Waals surface area contributed by atoms with Crippen LogP contribution in [0.25, 0.3) is 0 Å². The lowest BCUT2D eigenvalue weighted by atomic mass is 9.56. The normalized spacial score (nSPS) is 30.0. The lowest BCUT2D eigenvalue weighted by Gasteiger charge is -2.62. The van der Waals surface area contributed by atoms with E-state index in [-0.39, 0.29) is 0 Å². The molecule has 0 unspecified atom stereocenters. The third-order valence-electron chi connectivity index (χ3n) is 4.55. The Morgan fingerprint density at radius 2 is 1.69 bits per heavy atom. The van der Waals surface area contributed by atoms with E-state index in [1.807, 2.05) is 0 Å². The summed E-state index contributed by atoms with van der Waals surface area (Å²) in [5.41, 5.74) is 1.12. The zero-order valence-electron chi connectivity index (χ0n) is 8.95. The fraction of sp³-hybridized carbons (Fsp3) is 1.00. The van der Waals surface area contributed by atoms with Gasteiger partial charge in [0, 0.05) is 17.5 Å². The Kier molecular flexibility index (Phi) is 2.37. The van der Waals surface area contributed by atoms with E-state index in [2.05, 4.69) is 24.5 Å². The zero-order valence-corrected chi connectivity index (χ0v) is 8.95. The van der Waals surface area contributed by atoms with E-state index in [0.29, 0.717) is 11.0 Å². The number of hydrogen-bond donors (Lipinski definition) is 2. The maximum absolute atomic E-state index is 3.69. The summed E-state index contributed by atoms with van der Waals surface area (Å²) in [5, 5.41) is 7.16. The molecule has 0 atom stereocenters. The van der Waals surface area contributed by atoms with Crippen molar-refractivity contribution in [1.29, 1.82) is 0 Å². The van der Waals surface area contributed by atoms with Gasteiger partial charge in [-0.3, -0.25) is 0 Å². The molecule has 13 heavy (non-hydrogen) atoms. The minimum absolute atomic E-state index is 0.481. The Balaban J connectivity index is 2.12. The molecule has 0 aromatic heterocycles. The lowest BCUT2D eigenvalue weighted by Crippen LogP contribution is -2.74. The molecule has 2 nitrogen and oxygen atoms in total. The van der Waals surface area contributed by atoms with Crippen LogP contribution in [0.1, 0.15) is 39.5 Å². The van der Waals surface area contributed by atoms with Crippen LogP contribution in [0.4, 0.5) is 0 Å². The monoisotopic (exact) mass is 182 g/mol. The van der Waals surface area contributed by atoms with Gasteiger partial charge in [0.25, 0.3) is 0 Å². The minimum atomic E-state index is 0.481. The summed E-state index contributed by atoms with van der Waals surface area (Å²) in [6.45, 7) is 8.38. The molecule has 76 valence electrons. The number of rotatable bonds is 2. The molecule has 2 heterocycles. The van der Waals surface area contributed by atoms with Crippen LogP contribution in [-0.2, 0) is 0 Å². The first-order valence-electron chi connectivity index (χ1n) is 5.74. The molecule has 2 heteroatoms. The molecule has 2 saturated heterocycles. The molecule has 2 aliphatic heterocycles. The highest BCUT2D eigenvalue weighted by atomic mass is 15.1. The molecule has 0 bridgehead atoms. The van der Waals surface area contributed by atoms with Crippen molar-refractivity contribution in [3.63, 3.8) is 0 Å². The topological polar surface area (TPSA) is 24.1 Å². The maximum atomic E-state index is 3.69. The Hall–Kier alpha value is -0.0800. The van der Waals surface area contributed by atoms with Crippen LogP contribution in [0.15, 0.2) is 0 Å². The van der Waals surface area contributed by atoms with Crippen molar-refractivity contribution in [3.05, 3.63) is 0 Å². The molecule has 0 aromatic rings. The number of hydrogen-bond acceptors (Lipinski definition) is 2. The van der Waals surface area contributed by atoms with Gasteiger partial charge in [-0.1, -0.05) is 13.8 Å². The van der Waals surface area contributed by atoms with Gasteiger partial charge < -0.3 is 10.6 Å². The fourth-order valence-corrected chi connectivity index (χ4v) is 3.40. The molecular formula is C11H22N2. The van der Waals surface area contributed by atoms with Crippen LogP contribution >= 0.6 is 0 Å². The molecule has 0 saturated carbocycles. The molecule has 0 amide bonds. The molecule has 2 N–H and O–H groups in total. The summed E-state index contributed by atoms with van der Waals surface area (Å²) in [5.74, 6) is 0. The highest BCUT2D eigenvalue weighted by molar-refractivity contribution is 5.13. The van der Waals surface area contributed by atoms with Gasteiger partial charge in [0.05, 0.1) is 0 Å². The zero-order chi connectivity index (χ0) is 9.36. The molecule has 2 aliphatic rings. The largest absolute Gasteiger partial charge is 0.317 e. The lowest BCUT2D eigenvalue weighted by molar-refractivity contribution is -0.0494. The van der Waals surface area contributed by atoms with Gasteiger partial charge in [0.15, 0.2) is 0 Å². The van der Waals surface area contributed by atoms with Crippen LogP contribution in [0.5, 0.6) is 0 Å². The van der Waals surface area contributed by atoms with E-state index < -0.39 is 0 Å². The van der Waals surface area contributed by atoms with Crippen molar-refractivity contribution in [3.8, 4) is 0 Å². The van der Waals surface area contributed by atoms with Gasteiger partial charge in [-0.15, -0.1) is 0 Å². The SMILES string of the molecule is CCC1(CC)NCC12CCNCC2. The minimum Gasteiger partial charge on any atom is -0.317 e. The Morgan fingerprint density at radius 3 is 2.08 bits per heavy atom. The van der Waals surface area contributed by atoms with E-state index in [4.69, 9.17) is 0 Å². The first-order valence-corrected chi connectivity index (χ1v) is 5.74. The molecule has 0 aromatic carbocycles. The quantitative estimate of drug-likeness (QED) is 0.676. The van der Waals surface area contributed by atoms with Crippen molar-refractivity contribution in [1.82, 2.24) is 10.6 Å². The van der Waals surface area contributed by atoms with E-state index in [9.17, 15) is 0 Å². The Morgan fingerprint density at radius 1 is 1.08 bits per heavy atom. The summed E-state index contributed by atoms with van der Waals surface area (Å²) in [7, 11) is 0. The maximum Gasteiger partial charge on any atom is 0.0245 e. The van der Waals surface area contributed by atoms with Crippen LogP contribution in [-0.4, -0.2) is 25.2 Å². The smallest absolute Gasteiger partial charge is 0.0245 e. The predicted octanol–water partition coefficient (Wildman–Crippen LogP) is 1.52. The van der Waals surface area contributed by atoms with Crippen LogP contribution in [0.2, 0.25) is 0 Å². The average molecular weight is 182 g/mol. The van der Waals surface area contributed by atoms with Crippen molar-refractivity contribution in [2.45, 2.75) is 45.1 Å². The van der Waals surface area contributed by atoms with Crippen molar-refractivity contribution >= 4 is 0 Å². The standard InChI is InChI=1S/C11H22N2/c1-3-11(4-2)10(9-13-11)5-7-12-8-6-10/h12-13H,3-9H2,1-2H3. The van der Waals surface area contributed by atoms with Crippen molar-refractivity contribution in [2.75, 3.05) is 19.6 Å². The van der Waals surface area contributed by atoms with Gasteiger partial charge in [-0.2, -0.15) is 0 Å². The molecule has 2 fully saturated rings. The van der Waals surface area contributed by atoms with Gasteiger partial charge >= 0.3 is 0 Å². The number of nitrogens with one attached hydrogen (secondary N) is 2. The summed E-state index contributed by atoms with van der Waals surface area (Å²) in [6.07, 6.45) is 5.34. The first-order chi connectivity index (χ1) is 6.29. The van der Waals surface area contributed by atoms with Gasteiger partial charge in [0.2, 0.25) is 0 Å².